The van der Waals surface area contributed by atoms with Gasteiger partial charge >= 0.3 is 5.97 Å². The standard InChI is InChI=1S/C14H10N2O2/c15-8-11-3-1-4-12(7-11)9-16-6-2-5-13(10-16)14(17)18/h1-7,10H,9H2/p+1. The summed E-state index contributed by atoms with van der Waals surface area (Å²) in [4.78, 5) is 10.8. The zero-order valence-corrected chi connectivity index (χ0v) is 9.58. The average Bonchev–Trinajstić information content (AvgIpc) is 2.39. The fraction of sp³-hybridized carbons (Fsp3) is 0.0714. The molecule has 4 nitrogen and oxygen atoms in total. The lowest BCUT2D eigenvalue weighted by Crippen LogP contribution is -2.34. The van der Waals surface area contributed by atoms with Gasteiger partial charge in [-0.2, -0.15) is 9.83 Å². The maximum atomic E-state index is 10.8. The lowest BCUT2D eigenvalue weighted by molar-refractivity contribution is -0.688. The molecular formula is C14H11N2O2+. The maximum Gasteiger partial charge on any atom is 0.341 e. The van der Waals surface area contributed by atoms with E-state index in [0.717, 1.165) is 5.56 Å². The van der Waals surface area contributed by atoms with E-state index in [0.29, 0.717) is 12.1 Å². The third-order valence-corrected chi connectivity index (χ3v) is 2.53. The van der Waals surface area contributed by atoms with Crippen LogP contribution in [0, 0.1) is 11.3 Å². The Morgan fingerprint density at radius 3 is 2.89 bits per heavy atom. The molecule has 0 aliphatic heterocycles. The molecule has 1 heterocycles. The fourth-order valence-corrected chi connectivity index (χ4v) is 1.70. The normalized spacial score (nSPS) is 9.72. The minimum atomic E-state index is -0.949. The molecule has 0 saturated heterocycles. The van der Waals surface area contributed by atoms with Gasteiger partial charge in [-0.25, -0.2) is 4.79 Å². The highest BCUT2D eigenvalue weighted by atomic mass is 16.4. The molecule has 1 N–H and O–H groups in total. The summed E-state index contributed by atoms with van der Waals surface area (Å²) in [6.07, 6.45) is 3.37. The van der Waals surface area contributed by atoms with E-state index in [1.807, 2.05) is 12.1 Å². The number of hydrogen-bond donors (Lipinski definition) is 1. The molecule has 1 aromatic heterocycles. The minimum Gasteiger partial charge on any atom is -0.477 e. The van der Waals surface area contributed by atoms with Crippen molar-refractivity contribution in [1.82, 2.24) is 0 Å². The Labute approximate surface area is 104 Å². The number of hydrogen-bond acceptors (Lipinski definition) is 2. The number of carboxylic acids is 1. The fourth-order valence-electron chi connectivity index (χ4n) is 1.70. The van der Waals surface area contributed by atoms with Crippen molar-refractivity contribution in [3.05, 3.63) is 65.5 Å². The SMILES string of the molecule is N#Cc1cccc(C[n+]2cccc(C(=O)O)c2)c1. The summed E-state index contributed by atoms with van der Waals surface area (Å²) in [5.41, 5.74) is 1.80. The molecule has 18 heavy (non-hydrogen) atoms. The number of carbonyl (C=O) groups is 1. The van der Waals surface area contributed by atoms with Crippen LogP contribution in [0.4, 0.5) is 0 Å². The zero-order chi connectivity index (χ0) is 13.0. The van der Waals surface area contributed by atoms with E-state index < -0.39 is 5.97 Å². The molecule has 2 rings (SSSR count). The van der Waals surface area contributed by atoms with Crippen molar-refractivity contribution in [2.45, 2.75) is 6.54 Å². The first kappa shape index (κ1) is 11.8. The monoisotopic (exact) mass is 239 g/mol. The molecular weight excluding hydrogens is 228 g/mol. The molecule has 0 aliphatic carbocycles. The highest BCUT2D eigenvalue weighted by Gasteiger charge is 2.09. The molecule has 0 radical (unpaired) electrons. The molecule has 0 aliphatic rings. The molecule has 0 atom stereocenters. The summed E-state index contributed by atoms with van der Waals surface area (Å²) < 4.78 is 1.78. The van der Waals surface area contributed by atoms with Crippen molar-refractivity contribution in [2.75, 3.05) is 0 Å². The summed E-state index contributed by atoms with van der Waals surface area (Å²) in [6.45, 7) is 0.538. The molecule has 1 aromatic carbocycles. The molecule has 0 bridgehead atoms. The number of aromatic nitrogens is 1. The summed E-state index contributed by atoms with van der Waals surface area (Å²) in [6, 6.07) is 12.6. The Morgan fingerprint density at radius 1 is 1.33 bits per heavy atom. The number of nitrogens with zero attached hydrogens (tertiary/aromatic N) is 2. The zero-order valence-electron chi connectivity index (χ0n) is 9.58. The lowest BCUT2D eigenvalue weighted by atomic mass is 10.1. The van der Waals surface area contributed by atoms with Crippen molar-refractivity contribution in [1.29, 1.82) is 5.26 Å². The molecule has 2 aromatic rings. The van der Waals surface area contributed by atoms with E-state index in [2.05, 4.69) is 6.07 Å². The largest absolute Gasteiger partial charge is 0.477 e. The topological polar surface area (TPSA) is 65.0 Å². The molecule has 0 amide bonds. The van der Waals surface area contributed by atoms with E-state index in [1.54, 1.807) is 41.2 Å². The maximum absolute atomic E-state index is 10.8. The first-order valence-electron chi connectivity index (χ1n) is 5.40. The van der Waals surface area contributed by atoms with E-state index in [1.165, 1.54) is 0 Å². The molecule has 88 valence electrons. The van der Waals surface area contributed by atoms with Gasteiger partial charge in [0.05, 0.1) is 11.6 Å². The van der Waals surface area contributed by atoms with Gasteiger partial charge in [0.15, 0.2) is 18.9 Å². The number of pyridine rings is 1. The van der Waals surface area contributed by atoms with Gasteiger partial charge in [0, 0.05) is 11.6 Å². The summed E-state index contributed by atoms with van der Waals surface area (Å²) in [7, 11) is 0. The van der Waals surface area contributed by atoms with Crippen LogP contribution >= 0.6 is 0 Å². The molecule has 0 saturated carbocycles. The first-order valence-corrected chi connectivity index (χ1v) is 5.40. The number of aromatic carboxylic acids is 1. The van der Waals surface area contributed by atoms with Crippen molar-refractivity contribution in [3.8, 4) is 6.07 Å². The van der Waals surface area contributed by atoms with Crippen LogP contribution in [-0.2, 0) is 6.54 Å². The Balaban J connectivity index is 2.26. The Hall–Kier alpha value is -2.67. The van der Waals surface area contributed by atoms with E-state index >= 15 is 0 Å². The van der Waals surface area contributed by atoms with Crippen LogP contribution in [0.25, 0.3) is 0 Å². The highest BCUT2D eigenvalue weighted by Crippen LogP contribution is 2.04. The van der Waals surface area contributed by atoms with Gasteiger partial charge in [-0.15, -0.1) is 0 Å². The number of benzene rings is 1. The van der Waals surface area contributed by atoms with E-state index in [-0.39, 0.29) is 5.56 Å². The minimum absolute atomic E-state index is 0.244. The summed E-state index contributed by atoms with van der Waals surface area (Å²) >= 11 is 0. The van der Waals surface area contributed by atoms with Crippen LogP contribution in [-0.4, -0.2) is 11.1 Å². The van der Waals surface area contributed by atoms with Crippen LogP contribution in [0.2, 0.25) is 0 Å². The molecule has 0 fully saturated rings. The van der Waals surface area contributed by atoms with Crippen LogP contribution in [0.15, 0.2) is 48.8 Å². The van der Waals surface area contributed by atoms with Crippen LogP contribution in [0.1, 0.15) is 21.5 Å². The van der Waals surface area contributed by atoms with Gasteiger partial charge in [0.1, 0.15) is 5.56 Å². The van der Waals surface area contributed by atoms with Gasteiger partial charge in [-0.05, 0) is 18.2 Å². The average molecular weight is 239 g/mol. The van der Waals surface area contributed by atoms with Gasteiger partial charge < -0.3 is 5.11 Å². The van der Waals surface area contributed by atoms with Gasteiger partial charge in [0.25, 0.3) is 0 Å². The first-order chi connectivity index (χ1) is 8.69. The molecule has 0 spiro atoms. The van der Waals surface area contributed by atoms with Crippen molar-refractivity contribution >= 4 is 5.97 Å². The van der Waals surface area contributed by atoms with Crippen molar-refractivity contribution < 1.29 is 14.5 Å². The lowest BCUT2D eigenvalue weighted by Gasteiger charge is -1.99. The number of rotatable bonds is 3. The Bertz CT molecular complexity index is 630. The van der Waals surface area contributed by atoms with E-state index in [9.17, 15) is 4.79 Å². The summed E-state index contributed by atoms with van der Waals surface area (Å²) in [5, 5.41) is 17.7. The second-order valence-corrected chi connectivity index (χ2v) is 3.88. The quantitative estimate of drug-likeness (QED) is 0.827. The third kappa shape index (κ3) is 2.71. The van der Waals surface area contributed by atoms with E-state index in [4.69, 9.17) is 10.4 Å². The third-order valence-electron chi connectivity index (χ3n) is 2.53. The molecule has 0 unspecified atom stereocenters. The predicted octanol–water partition coefficient (Wildman–Crippen LogP) is 1.59. The van der Waals surface area contributed by atoms with Gasteiger partial charge in [0.2, 0.25) is 0 Å². The highest BCUT2D eigenvalue weighted by molar-refractivity contribution is 5.86. The van der Waals surface area contributed by atoms with Gasteiger partial charge in [-0.3, -0.25) is 0 Å². The van der Waals surface area contributed by atoms with Crippen molar-refractivity contribution in [3.63, 3.8) is 0 Å². The van der Waals surface area contributed by atoms with Crippen LogP contribution in [0.3, 0.4) is 0 Å². The van der Waals surface area contributed by atoms with Gasteiger partial charge in [-0.1, -0.05) is 12.1 Å². The van der Waals surface area contributed by atoms with Crippen molar-refractivity contribution in [2.24, 2.45) is 0 Å². The number of carboxylic acid groups (broad SMARTS) is 1. The predicted molar refractivity (Wildman–Crippen MR) is 63.9 cm³/mol. The van der Waals surface area contributed by atoms with Crippen LogP contribution in [0.5, 0.6) is 0 Å². The second-order valence-electron chi connectivity index (χ2n) is 3.88. The Morgan fingerprint density at radius 2 is 2.17 bits per heavy atom. The molecule has 4 heteroatoms. The van der Waals surface area contributed by atoms with Crippen LogP contribution < -0.4 is 4.57 Å². The number of nitriles is 1. The second kappa shape index (κ2) is 5.11. The summed E-state index contributed by atoms with van der Waals surface area (Å²) in [5.74, 6) is -0.949. The Kier molecular flexibility index (Phi) is 3.35. The smallest absolute Gasteiger partial charge is 0.341 e.